The Labute approximate surface area is 83.1 Å². The van der Waals surface area contributed by atoms with E-state index in [0.717, 1.165) is 13.1 Å². The van der Waals surface area contributed by atoms with Crippen molar-refractivity contribution in [3.05, 3.63) is 21.9 Å². The summed E-state index contributed by atoms with van der Waals surface area (Å²) in [4.78, 5) is 1.38. The molecule has 3 nitrogen and oxygen atoms in total. The van der Waals surface area contributed by atoms with Crippen LogP contribution in [0.5, 0.6) is 0 Å². The van der Waals surface area contributed by atoms with Crippen molar-refractivity contribution in [2.75, 3.05) is 13.1 Å². The van der Waals surface area contributed by atoms with Gasteiger partial charge in [0.1, 0.15) is 0 Å². The van der Waals surface area contributed by atoms with Crippen molar-refractivity contribution in [2.45, 2.75) is 19.5 Å². The lowest BCUT2D eigenvalue weighted by molar-refractivity contribution is 0.584. The first-order valence-corrected chi connectivity index (χ1v) is 5.31. The van der Waals surface area contributed by atoms with Gasteiger partial charge in [-0.2, -0.15) is 0 Å². The summed E-state index contributed by atoms with van der Waals surface area (Å²) < 4.78 is 0. The summed E-state index contributed by atoms with van der Waals surface area (Å²) in [5, 5.41) is 5.39. The highest BCUT2D eigenvalue weighted by Crippen LogP contribution is 2.14. The lowest BCUT2D eigenvalue weighted by atomic mass is 10.3. The smallest absolute Gasteiger partial charge is 0.0303 e. The van der Waals surface area contributed by atoms with E-state index in [9.17, 15) is 0 Å². The lowest BCUT2D eigenvalue weighted by Crippen LogP contribution is -2.39. The number of rotatable bonds is 5. The van der Waals surface area contributed by atoms with Crippen LogP contribution in [-0.2, 0) is 6.54 Å². The quantitative estimate of drug-likeness (QED) is 0.644. The van der Waals surface area contributed by atoms with Gasteiger partial charge in [-0.15, -0.1) is 11.3 Å². The highest BCUT2D eigenvalue weighted by Gasteiger charge is 2.01. The first kappa shape index (κ1) is 10.7. The van der Waals surface area contributed by atoms with Crippen LogP contribution < -0.4 is 16.8 Å². The van der Waals surface area contributed by atoms with Crippen LogP contribution in [-0.4, -0.2) is 19.1 Å². The van der Waals surface area contributed by atoms with Gasteiger partial charge < -0.3 is 16.8 Å². The lowest BCUT2D eigenvalue weighted by Gasteiger charge is -2.09. The molecule has 0 saturated heterocycles. The van der Waals surface area contributed by atoms with Crippen molar-refractivity contribution < 1.29 is 0 Å². The minimum absolute atomic E-state index is 0.0697. The summed E-state index contributed by atoms with van der Waals surface area (Å²) in [6.07, 6.45) is 0. The van der Waals surface area contributed by atoms with Crippen LogP contribution in [0, 0.1) is 6.92 Å². The minimum atomic E-state index is 0.0697. The number of hydrogen-bond donors (Lipinski definition) is 3. The van der Waals surface area contributed by atoms with E-state index in [2.05, 4.69) is 23.7 Å². The van der Waals surface area contributed by atoms with E-state index in [1.807, 2.05) is 0 Å². The molecule has 1 aromatic rings. The Bertz CT molecular complexity index is 247. The Kier molecular flexibility index (Phi) is 4.38. The van der Waals surface area contributed by atoms with E-state index >= 15 is 0 Å². The van der Waals surface area contributed by atoms with Crippen LogP contribution in [0.2, 0.25) is 0 Å². The van der Waals surface area contributed by atoms with Crippen molar-refractivity contribution in [1.82, 2.24) is 5.32 Å². The van der Waals surface area contributed by atoms with Gasteiger partial charge in [0, 0.05) is 30.6 Å². The third-order valence-electron chi connectivity index (χ3n) is 1.96. The fourth-order valence-electron chi connectivity index (χ4n) is 1.04. The molecule has 1 unspecified atom stereocenters. The van der Waals surface area contributed by atoms with Gasteiger partial charge in [0.15, 0.2) is 0 Å². The van der Waals surface area contributed by atoms with Crippen LogP contribution in [0.3, 0.4) is 0 Å². The molecule has 0 aliphatic heterocycles. The predicted octanol–water partition coefficient (Wildman–Crippen LogP) is 0.432. The van der Waals surface area contributed by atoms with Crippen molar-refractivity contribution >= 4 is 11.3 Å². The fraction of sp³-hybridized carbons (Fsp3) is 0.556. The molecule has 13 heavy (non-hydrogen) atoms. The van der Waals surface area contributed by atoms with Crippen molar-refractivity contribution in [3.63, 3.8) is 0 Å². The first-order valence-electron chi connectivity index (χ1n) is 4.43. The molecule has 1 aromatic heterocycles. The Hall–Kier alpha value is -0.420. The molecular formula is C9H17N3S. The van der Waals surface area contributed by atoms with Gasteiger partial charge in [0.25, 0.3) is 0 Å². The summed E-state index contributed by atoms with van der Waals surface area (Å²) in [6, 6.07) is 2.20. The topological polar surface area (TPSA) is 64.1 Å². The number of hydrogen-bond acceptors (Lipinski definition) is 4. The fourth-order valence-corrected chi connectivity index (χ4v) is 1.92. The molecule has 5 N–H and O–H groups in total. The molecule has 1 atom stereocenters. The molecule has 0 saturated carbocycles. The monoisotopic (exact) mass is 199 g/mol. The summed E-state index contributed by atoms with van der Waals surface area (Å²) in [7, 11) is 0. The van der Waals surface area contributed by atoms with Gasteiger partial charge in [-0.1, -0.05) is 0 Å². The molecule has 0 aliphatic carbocycles. The van der Waals surface area contributed by atoms with Gasteiger partial charge >= 0.3 is 0 Å². The molecule has 0 radical (unpaired) electrons. The van der Waals surface area contributed by atoms with Crippen molar-refractivity contribution in [1.29, 1.82) is 0 Å². The summed E-state index contributed by atoms with van der Waals surface area (Å²) >= 11 is 1.77. The SMILES string of the molecule is Cc1ccsc1CNCC(N)CN. The Morgan fingerprint density at radius 2 is 2.38 bits per heavy atom. The van der Waals surface area contributed by atoms with E-state index in [0.29, 0.717) is 6.54 Å². The maximum Gasteiger partial charge on any atom is 0.0303 e. The average Bonchev–Trinajstić information content (AvgIpc) is 2.52. The predicted molar refractivity (Wildman–Crippen MR) is 57.8 cm³/mol. The molecule has 1 heterocycles. The molecule has 0 aromatic carbocycles. The summed E-state index contributed by atoms with van der Waals surface area (Å²) in [5.41, 5.74) is 12.4. The highest BCUT2D eigenvalue weighted by molar-refractivity contribution is 7.10. The maximum absolute atomic E-state index is 5.67. The van der Waals surface area contributed by atoms with E-state index < -0.39 is 0 Å². The number of nitrogens with one attached hydrogen (secondary N) is 1. The maximum atomic E-state index is 5.67. The zero-order valence-electron chi connectivity index (χ0n) is 7.92. The normalized spacial score (nSPS) is 13.2. The van der Waals surface area contributed by atoms with Crippen LogP contribution in [0.15, 0.2) is 11.4 Å². The van der Waals surface area contributed by atoms with Crippen LogP contribution in [0.4, 0.5) is 0 Å². The van der Waals surface area contributed by atoms with Crippen LogP contribution in [0.25, 0.3) is 0 Å². The van der Waals surface area contributed by atoms with Gasteiger partial charge in [0.05, 0.1) is 0 Å². The molecule has 0 fully saturated rings. The highest BCUT2D eigenvalue weighted by atomic mass is 32.1. The summed E-state index contributed by atoms with van der Waals surface area (Å²) in [6.45, 7) is 4.35. The van der Waals surface area contributed by atoms with Gasteiger partial charge in [-0.25, -0.2) is 0 Å². The molecule has 0 spiro atoms. The number of thiophene rings is 1. The third kappa shape index (κ3) is 3.44. The molecule has 74 valence electrons. The van der Waals surface area contributed by atoms with E-state index in [1.165, 1.54) is 10.4 Å². The van der Waals surface area contributed by atoms with E-state index in [4.69, 9.17) is 11.5 Å². The van der Waals surface area contributed by atoms with E-state index in [1.54, 1.807) is 11.3 Å². The van der Waals surface area contributed by atoms with Crippen molar-refractivity contribution in [3.8, 4) is 0 Å². The average molecular weight is 199 g/mol. The molecule has 4 heteroatoms. The Morgan fingerprint density at radius 1 is 1.62 bits per heavy atom. The molecule has 0 bridgehead atoms. The second-order valence-electron chi connectivity index (χ2n) is 3.15. The number of aryl methyl sites for hydroxylation is 1. The largest absolute Gasteiger partial charge is 0.329 e. The Morgan fingerprint density at radius 3 is 2.92 bits per heavy atom. The standard InChI is InChI=1S/C9H17N3S/c1-7-2-3-13-9(7)6-12-5-8(11)4-10/h2-3,8,12H,4-6,10-11H2,1H3. The number of nitrogens with two attached hydrogens (primary N) is 2. The first-order chi connectivity index (χ1) is 6.24. The second-order valence-corrected chi connectivity index (χ2v) is 4.15. The van der Waals surface area contributed by atoms with E-state index in [-0.39, 0.29) is 6.04 Å². The zero-order chi connectivity index (χ0) is 9.68. The third-order valence-corrected chi connectivity index (χ3v) is 2.99. The van der Waals surface area contributed by atoms with Gasteiger partial charge in [0.2, 0.25) is 0 Å². The van der Waals surface area contributed by atoms with Crippen LogP contribution in [0.1, 0.15) is 10.4 Å². The molecule has 0 aliphatic rings. The van der Waals surface area contributed by atoms with Crippen LogP contribution >= 0.6 is 11.3 Å². The summed E-state index contributed by atoms with van der Waals surface area (Å²) in [5.74, 6) is 0. The van der Waals surface area contributed by atoms with Gasteiger partial charge in [-0.05, 0) is 23.9 Å². The van der Waals surface area contributed by atoms with Crippen molar-refractivity contribution in [2.24, 2.45) is 11.5 Å². The van der Waals surface area contributed by atoms with Gasteiger partial charge in [-0.3, -0.25) is 0 Å². The molecule has 0 amide bonds. The molecule has 1 rings (SSSR count). The minimum Gasteiger partial charge on any atom is -0.329 e. The molecular weight excluding hydrogens is 182 g/mol. The Balaban J connectivity index is 2.24. The second kappa shape index (κ2) is 5.34. The zero-order valence-corrected chi connectivity index (χ0v) is 8.73.